The fraction of sp³-hybridized carbons (Fsp3) is 0.636. The third kappa shape index (κ3) is 11.8. The summed E-state index contributed by atoms with van der Waals surface area (Å²) < 4.78 is 25.3. The third-order valence-electron chi connectivity index (χ3n) is 5.78. The predicted octanol–water partition coefficient (Wildman–Crippen LogP) is 2.02. The van der Waals surface area contributed by atoms with Gasteiger partial charge in [-0.25, -0.2) is 0 Å². The zero-order valence-electron chi connectivity index (χ0n) is 19.8. The van der Waals surface area contributed by atoms with Gasteiger partial charge in [0.1, 0.15) is 5.78 Å². The maximum absolute atomic E-state index is 12.7. The summed E-state index contributed by atoms with van der Waals surface area (Å²) in [5.74, 6) is -1.23. The van der Waals surface area contributed by atoms with Crippen molar-refractivity contribution < 1.29 is 33.6 Å². The molecule has 1 saturated heterocycles. The normalized spacial score (nSPS) is 20.4. The minimum Gasteiger partial charge on any atom is -0.481 e. The molecule has 192 valence electrons. The second kappa shape index (κ2) is 13.6. The van der Waals surface area contributed by atoms with Crippen LogP contribution >= 0.6 is 14.7 Å². The van der Waals surface area contributed by atoms with Gasteiger partial charge in [-0.1, -0.05) is 30.3 Å². The number of hydrogen-bond donors (Lipinski definition) is 3. The summed E-state index contributed by atoms with van der Waals surface area (Å²) in [6, 6.07) is 9.93. The van der Waals surface area contributed by atoms with Crippen LogP contribution in [-0.4, -0.2) is 106 Å². The maximum Gasteiger partial charge on any atom is 0.303 e. The molecule has 0 bridgehead atoms. The van der Waals surface area contributed by atoms with Gasteiger partial charge >= 0.3 is 5.97 Å². The largest absolute Gasteiger partial charge is 0.481 e. The van der Waals surface area contributed by atoms with Crippen LogP contribution in [0.25, 0.3) is 0 Å². The molecule has 0 spiro atoms. The molecule has 2 atom stereocenters. The molecular weight excluding hydrogens is 480 g/mol. The number of nitrogens with zero attached hydrogens (tertiary/aromatic N) is 3. The third-order valence-corrected chi connectivity index (χ3v) is 9.31. The number of benzene rings is 1. The Bertz CT molecular complexity index is 848. The van der Waals surface area contributed by atoms with Gasteiger partial charge in [0.15, 0.2) is 0 Å². The van der Waals surface area contributed by atoms with Crippen molar-refractivity contribution in [3.05, 3.63) is 35.9 Å². The maximum atomic E-state index is 12.7. The Labute approximate surface area is 201 Å². The van der Waals surface area contributed by atoms with E-state index in [0.717, 1.165) is 5.56 Å². The first-order valence-electron chi connectivity index (χ1n) is 11.5. The Hall–Kier alpha value is -1.38. The number of rotatable bonds is 12. The van der Waals surface area contributed by atoms with Crippen molar-refractivity contribution in [1.29, 1.82) is 0 Å². The number of carboxylic acids is 1. The molecule has 10 nitrogen and oxygen atoms in total. The highest BCUT2D eigenvalue weighted by Crippen LogP contribution is 2.43. The number of hydrogen-bond acceptors (Lipinski definition) is 7. The minimum atomic E-state index is -3.66. The van der Waals surface area contributed by atoms with Crippen LogP contribution in [-0.2, 0) is 25.3 Å². The molecule has 1 aromatic rings. The number of aliphatic carboxylic acids is 1. The number of carbonyl (C=O) groups is 2. The molecule has 0 aromatic heterocycles. The number of ketones is 1. The average Bonchev–Trinajstić information content (AvgIpc) is 2.84. The molecule has 0 saturated carbocycles. The molecule has 1 heterocycles. The van der Waals surface area contributed by atoms with E-state index in [-0.39, 0.29) is 43.5 Å². The van der Waals surface area contributed by atoms with Crippen molar-refractivity contribution in [3.63, 3.8) is 0 Å². The highest BCUT2D eigenvalue weighted by molar-refractivity contribution is 7.58. The zero-order valence-corrected chi connectivity index (χ0v) is 21.6. The highest BCUT2D eigenvalue weighted by Gasteiger charge is 2.28. The Morgan fingerprint density at radius 3 is 1.68 bits per heavy atom. The fourth-order valence-electron chi connectivity index (χ4n) is 3.84. The van der Waals surface area contributed by atoms with Gasteiger partial charge in [0.2, 0.25) is 14.7 Å². The van der Waals surface area contributed by atoms with E-state index in [1.165, 1.54) is 6.92 Å². The summed E-state index contributed by atoms with van der Waals surface area (Å²) >= 11 is 0. The molecule has 0 aliphatic carbocycles. The van der Waals surface area contributed by atoms with Crippen LogP contribution in [0.1, 0.15) is 25.3 Å². The molecule has 1 aliphatic rings. The number of Topliss-reactive ketones (excluding diaryl/α,β-unsaturated/α-hetero) is 1. The van der Waals surface area contributed by atoms with Crippen molar-refractivity contribution >= 4 is 26.5 Å². The fourth-order valence-corrected chi connectivity index (χ4v) is 7.14. The van der Waals surface area contributed by atoms with Crippen LogP contribution < -0.4 is 0 Å². The van der Waals surface area contributed by atoms with Gasteiger partial charge < -0.3 is 19.7 Å². The Kier molecular flexibility index (Phi) is 11.6. The lowest BCUT2D eigenvalue weighted by molar-refractivity contribution is -0.136. The van der Waals surface area contributed by atoms with E-state index in [4.69, 9.17) is 5.11 Å². The van der Waals surface area contributed by atoms with E-state index < -0.39 is 20.7 Å². The minimum absolute atomic E-state index is 0.0386. The number of carboxylic acid groups (broad SMARTS) is 1. The van der Waals surface area contributed by atoms with Crippen LogP contribution in [0.3, 0.4) is 0 Å². The molecule has 12 heteroatoms. The van der Waals surface area contributed by atoms with Gasteiger partial charge in [0.05, 0.1) is 19.0 Å². The lowest BCUT2D eigenvalue weighted by atomic mass is 10.2. The first kappa shape index (κ1) is 28.9. The number of carbonyl (C=O) groups excluding carboxylic acids is 1. The highest BCUT2D eigenvalue weighted by atomic mass is 31.2. The molecule has 34 heavy (non-hydrogen) atoms. The van der Waals surface area contributed by atoms with E-state index in [9.17, 15) is 28.5 Å². The van der Waals surface area contributed by atoms with E-state index in [1.54, 1.807) is 0 Å². The Morgan fingerprint density at radius 1 is 0.794 bits per heavy atom. The SMILES string of the molecule is CC(=O)CCP(=O)(O)CN1CCN(Cc2ccccc2)CCN(CP(=O)(O)CCC(=O)O)CC1. The van der Waals surface area contributed by atoms with E-state index >= 15 is 0 Å². The second-order valence-electron chi connectivity index (χ2n) is 9.02. The van der Waals surface area contributed by atoms with Crippen LogP contribution in [0.4, 0.5) is 0 Å². The second-order valence-corrected chi connectivity index (χ2v) is 13.9. The van der Waals surface area contributed by atoms with Crippen molar-refractivity contribution in [2.24, 2.45) is 0 Å². The molecule has 1 fully saturated rings. The zero-order chi connectivity index (χ0) is 25.2. The van der Waals surface area contributed by atoms with Crippen molar-refractivity contribution in [3.8, 4) is 0 Å². The molecule has 2 rings (SSSR count). The first-order chi connectivity index (χ1) is 15.9. The van der Waals surface area contributed by atoms with Crippen LogP contribution in [0.15, 0.2) is 30.3 Å². The summed E-state index contributed by atoms with van der Waals surface area (Å²) in [6.07, 6.45) is -0.801. The smallest absolute Gasteiger partial charge is 0.303 e. The van der Waals surface area contributed by atoms with Gasteiger partial charge in [-0.3, -0.25) is 28.6 Å². The topological polar surface area (TPSA) is 139 Å². The molecule has 3 N–H and O–H groups in total. The Morgan fingerprint density at radius 2 is 1.24 bits per heavy atom. The lowest BCUT2D eigenvalue weighted by Crippen LogP contribution is -2.37. The van der Waals surface area contributed by atoms with Gasteiger partial charge in [0.25, 0.3) is 0 Å². The lowest BCUT2D eigenvalue weighted by Gasteiger charge is -2.28. The molecule has 0 radical (unpaired) electrons. The Balaban J connectivity index is 2.11. The molecule has 1 aliphatic heterocycles. The van der Waals surface area contributed by atoms with Crippen molar-refractivity contribution in [1.82, 2.24) is 14.7 Å². The van der Waals surface area contributed by atoms with E-state index in [0.29, 0.717) is 45.8 Å². The monoisotopic (exact) mass is 517 g/mol. The van der Waals surface area contributed by atoms with Crippen molar-refractivity contribution in [2.45, 2.75) is 26.3 Å². The molecule has 0 amide bonds. The molecule has 1 aromatic carbocycles. The van der Waals surface area contributed by atoms with Gasteiger partial charge in [-0.2, -0.15) is 0 Å². The van der Waals surface area contributed by atoms with E-state index in [1.807, 2.05) is 40.1 Å². The van der Waals surface area contributed by atoms with E-state index in [2.05, 4.69) is 4.90 Å². The summed E-state index contributed by atoms with van der Waals surface area (Å²) in [6.45, 7) is 5.32. The summed E-state index contributed by atoms with van der Waals surface area (Å²) in [7, 11) is -7.20. The van der Waals surface area contributed by atoms with Crippen LogP contribution in [0, 0.1) is 0 Å². The predicted molar refractivity (Wildman–Crippen MR) is 132 cm³/mol. The van der Waals surface area contributed by atoms with Crippen molar-refractivity contribution in [2.75, 3.05) is 64.2 Å². The van der Waals surface area contributed by atoms with Gasteiger partial charge in [-0.05, 0) is 12.5 Å². The quantitative estimate of drug-likeness (QED) is 0.353. The van der Waals surface area contributed by atoms with Crippen LogP contribution in [0.2, 0.25) is 0 Å². The molecular formula is C22H37N3O7P2. The van der Waals surface area contributed by atoms with Crippen LogP contribution in [0.5, 0.6) is 0 Å². The summed E-state index contributed by atoms with van der Waals surface area (Å²) in [5, 5.41) is 8.87. The summed E-state index contributed by atoms with van der Waals surface area (Å²) in [4.78, 5) is 48.8. The molecule has 2 unspecified atom stereocenters. The first-order valence-corrected chi connectivity index (χ1v) is 15.5. The van der Waals surface area contributed by atoms with Gasteiger partial charge in [-0.15, -0.1) is 0 Å². The standard InChI is InChI=1S/C22H37N3O7P2/c1-20(26)7-15-33(29,30)18-24-11-9-23(17-21-5-3-2-4-6-21)10-12-25(14-13-24)19-34(31,32)16-8-22(27)28/h2-6H,7-19H2,1H3,(H,27,28)(H,29,30)(H,31,32). The average molecular weight is 518 g/mol. The van der Waals surface area contributed by atoms with Gasteiger partial charge in [0, 0.05) is 64.6 Å². The summed E-state index contributed by atoms with van der Waals surface area (Å²) in [5.41, 5.74) is 1.13.